The Hall–Kier alpha value is -2.42. The second-order valence-electron chi connectivity index (χ2n) is 6.26. The lowest BCUT2D eigenvalue weighted by atomic mass is 10.1. The molecule has 4 rings (SSSR count). The number of aliphatic hydroxyl groups is 1. The van der Waals surface area contributed by atoms with Gasteiger partial charge in [0.2, 0.25) is 6.41 Å². The SMILES string of the molecule is CCc1cc2nn1CCO[C@@H](O)NCCCOc1ccc3[nH]nc-2c3c1. The number of aryl methyl sites for hydroxylation is 1. The van der Waals surface area contributed by atoms with E-state index in [0.29, 0.717) is 26.3 Å². The van der Waals surface area contributed by atoms with Crippen molar-refractivity contribution in [3.8, 4) is 17.1 Å². The highest BCUT2D eigenvalue weighted by molar-refractivity contribution is 5.92. The number of ether oxygens (including phenoxy) is 2. The van der Waals surface area contributed by atoms with Crippen LogP contribution >= 0.6 is 0 Å². The molecule has 8 heteroatoms. The summed E-state index contributed by atoms with van der Waals surface area (Å²) in [7, 11) is 0. The van der Waals surface area contributed by atoms with Crippen LogP contribution in [0.4, 0.5) is 0 Å². The summed E-state index contributed by atoms with van der Waals surface area (Å²) in [6, 6.07) is 7.94. The van der Waals surface area contributed by atoms with Gasteiger partial charge in [-0.25, -0.2) is 0 Å². The highest BCUT2D eigenvalue weighted by Gasteiger charge is 2.15. The van der Waals surface area contributed by atoms with E-state index in [1.54, 1.807) is 0 Å². The van der Waals surface area contributed by atoms with Crippen LogP contribution in [0.3, 0.4) is 0 Å². The van der Waals surface area contributed by atoms with E-state index < -0.39 is 6.41 Å². The summed E-state index contributed by atoms with van der Waals surface area (Å²) >= 11 is 0. The first kappa shape index (κ1) is 17.0. The first-order valence-electron chi connectivity index (χ1n) is 8.95. The third-order valence-corrected chi connectivity index (χ3v) is 4.49. The van der Waals surface area contributed by atoms with Crippen LogP contribution < -0.4 is 10.1 Å². The summed E-state index contributed by atoms with van der Waals surface area (Å²) in [5, 5.41) is 26.0. The minimum atomic E-state index is -0.989. The van der Waals surface area contributed by atoms with E-state index >= 15 is 0 Å². The molecular formula is C18H23N5O3. The first-order chi connectivity index (χ1) is 12.7. The molecule has 138 valence electrons. The van der Waals surface area contributed by atoms with Crippen molar-refractivity contribution in [3.05, 3.63) is 30.0 Å². The minimum absolute atomic E-state index is 0.365. The molecule has 1 aromatic carbocycles. The zero-order chi connectivity index (χ0) is 17.9. The van der Waals surface area contributed by atoms with Crippen molar-refractivity contribution in [3.63, 3.8) is 0 Å². The number of fused-ring (bicyclic) bond motifs is 4. The number of benzene rings is 1. The molecule has 8 nitrogen and oxygen atoms in total. The highest BCUT2D eigenvalue weighted by atomic mass is 16.6. The molecule has 0 saturated carbocycles. The molecular weight excluding hydrogens is 334 g/mol. The van der Waals surface area contributed by atoms with Crippen LogP contribution in [0, 0.1) is 0 Å². The molecule has 1 aliphatic heterocycles. The van der Waals surface area contributed by atoms with Crippen molar-refractivity contribution < 1.29 is 14.6 Å². The molecule has 1 aliphatic rings. The molecule has 26 heavy (non-hydrogen) atoms. The predicted molar refractivity (Wildman–Crippen MR) is 96.8 cm³/mol. The summed E-state index contributed by atoms with van der Waals surface area (Å²) in [4.78, 5) is 0. The smallest absolute Gasteiger partial charge is 0.213 e. The van der Waals surface area contributed by atoms with Crippen LogP contribution in [0.1, 0.15) is 19.0 Å². The van der Waals surface area contributed by atoms with Crippen LogP contribution in [0.5, 0.6) is 5.75 Å². The highest BCUT2D eigenvalue weighted by Crippen LogP contribution is 2.29. The lowest BCUT2D eigenvalue weighted by Crippen LogP contribution is -2.33. The summed E-state index contributed by atoms with van der Waals surface area (Å²) in [6.45, 7) is 4.17. The van der Waals surface area contributed by atoms with Gasteiger partial charge in [-0.2, -0.15) is 10.2 Å². The van der Waals surface area contributed by atoms with Gasteiger partial charge in [-0.3, -0.25) is 15.1 Å². The molecule has 4 bridgehead atoms. The molecule has 3 heterocycles. The van der Waals surface area contributed by atoms with Crippen LogP contribution in [-0.4, -0.2) is 51.3 Å². The molecule has 1 atom stereocenters. The van der Waals surface area contributed by atoms with E-state index in [1.807, 2.05) is 22.9 Å². The van der Waals surface area contributed by atoms with Gasteiger partial charge in [-0.1, -0.05) is 6.92 Å². The van der Waals surface area contributed by atoms with Crippen LogP contribution in [0.25, 0.3) is 22.3 Å². The Morgan fingerprint density at radius 1 is 1.31 bits per heavy atom. The topological polar surface area (TPSA) is 97.2 Å². The van der Waals surface area contributed by atoms with Gasteiger partial charge in [0.15, 0.2) is 0 Å². The number of hydrogen-bond acceptors (Lipinski definition) is 6. The van der Waals surface area contributed by atoms with E-state index in [0.717, 1.165) is 46.6 Å². The third-order valence-electron chi connectivity index (χ3n) is 4.49. The normalized spacial score (nSPS) is 18.9. The maximum atomic E-state index is 9.84. The Kier molecular flexibility index (Phi) is 4.87. The maximum Gasteiger partial charge on any atom is 0.213 e. The second-order valence-corrected chi connectivity index (χ2v) is 6.26. The van der Waals surface area contributed by atoms with Gasteiger partial charge in [0.25, 0.3) is 0 Å². The second kappa shape index (κ2) is 7.45. The van der Waals surface area contributed by atoms with Gasteiger partial charge in [0.05, 0.1) is 25.3 Å². The van der Waals surface area contributed by atoms with Crippen LogP contribution in [0.2, 0.25) is 0 Å². The van der Waals surface area contributed by atoms with Gasteiger partial charge in [0.1, 0.15) is 17.1 Å². The van der Waals surface area contributed by atoms with Crippen molar-refractivity contribution in [2.24, 2.45) is 0 Å². The molecule has 0 unspecified atom stereocenters. The van der Waals surface area contributed by atoms with E-state index in [9.17, 15) is 5.11 Å². The molecule has 0 fully saturated rings. The number of aromatic nitrogens is 4. The number of H-pyrrole nitrogens is 1. The number of hydrogen-bond donors (Lipinski definition) is 3. The van der Waals surface area contributed by atoms with Gasteiger partial charge >= 0.3 is 0 Å². The van der Waals surface area contributed by atoms with Crippen molar-refractivity contribution >= 4 is 10.9 Å². The molecule has 0 saturated heterocycles. The van der Waals surface area contributed by atoms with E-state index in [4.69, 9.17) is 14.6 Å². The zero-order valence-corrected chi connectivity index (χ0v) is 14.7. The monoisotopic (exact) mass is 357 g/mol. The van der Waals surface area contributed by atoms with Crippen molar-refractivity contribution in [2.45, 2.75) is 32.7 Å². The van der Waals surface area contributed by atoms with E-state index in [-0.39, 0.29) is 0 Å². The first-order valence-corrected chi connectivity index (χ1v) is 8.95. The molecule has 0 amide bonds. The summed E-state index contributed by atoms with van der Waals surface area (Å²) in [6.07, 6.45) is 0.624. The minimum Gasteiger partial charge on any atom is -0.494 e. The van der Waals surface area contributed by atoms with E-state index in [1.165, 1.54) is 0 Å². The largest absolute Gasteiger partial charge is 0.494 e. The quantitative estimate of drug-likeness (QED) is 0.613. The number of rotatable bonds is 1. The number of aliphatic hydroxyl groups excluding tert-OH is 1. The lowest BCUT2D eigenvalue weighted by Gasteiger charge is -2.14. The number of aromatic amines is 1. The van der Waals surface area contributed by atoms with Crippen molar-refractivity contribution in [1.29, 1.82) is 0 Å². The van der Waals surface area contributed by atoms with Gasteiger partial charge in [-0.15, -0.1) is 0 Å². The van der Waals surface area contributed by atoms with Gasteiger partial charge < -0.3 is 14.6 Å². The van der Waals surface area contributed by atoms with Crippen molar-refractivity contribution in [2.75, 3.05) is 19.8 Å². The molecule has 2 aromatic heterocycles. The molecule has 0 radical (unpaired) electrons. The van der Waals surface area contributed by atoms with Crippen molar-refractivity contribution in [1.82, 2.24) is 25.3 Å². The number of nitrogens with one attached hydrogen (secondary N) is 2. The third kappa shape index (κ3) is 3.44. The Labute approximate surface area is 151 Å². The number of nitrogens with zero attached hydrogens (tertiary/aromatic N) is 3. The Bertz CT molecular complexity index is 888. The lowest BCUT2D eigenvalue weighted by molar-refractivity contribution is -0.122. The predicted octanol–water partition coefficient (Wildman–Crippen LogP) is 1.65. The zero-order valence-electron chi connectivity index (χ0n) is 14.7. The molecule has 0 spiro atoms. The van der Waals surface area contributed by atoms with Crippen LogP contribution in [-0.2, 0) is 17.7 Å². The Morgan fingerprint density at radius 2 is 2.23 bits per heavy atom. The van der Waals surface area contributed by atoms with Crippen LogP contribution in [0.15, 0.2) is 24.3 Å². The standard InChI is InChI=1S/C18H23N5O3/c1-2-12-10-16-17-14-11-13(4-5-15(14)20-21-17)25-8-3-6-19-18(24)26-9-7-23(12)22-16/h4-5,10-11,18-19,24H,2-3,6-9H2,1H3,(H,20,21)/t18-/m1/s1. The average molecular weight is 357 g/mol. The summed E-state index contributed by atoms with van der Waals surface area (Å²) < 4.78 is 13.1. The average Bonchev–Trinajstić information content (AvgIpc) is 3.24. The summed E-state index contributed by atoms with van der Waals surface area (Å²) in [5.74, 6) is 0.791. The molecule has 3 N–H and O–H groups in total. The fourth-order valence-corrected chi connectivity index (χ4v) is 3.12. The van der Waals surface area contributed by atoms with E-state index in [2.05, 4.69) is 28.5 Å². The Morgan fingerprint density at radius 3 is 3.12 bits per heavy atom. The fraction of sp³-hybridized carbons (Fsp3) is 0.444. The van der Waals surface area contributed by atoms with Gasteiger partial charge in [0, 0.05) is 17.6 Å². The fourth-order valence-electron chi connectivity index (χ4n) is 3.12. The molecule has 3 aromatic rings. The molecule has 0 aliphatic carbocycles. The van der Waals surface area contributed by atoms with Gasteiger partial charge in [-0.05, 0) is 37.1 Å². The Balaban J connectivity index is 1.73. The summed E-state index contributed by atoms with van der Waals surface area (Å²) in [5.41, 5.74) is 3.68. The maximum absolute atomic E-state index is 9.84.